The van der Waals surface area contributed by atoms with Gasteiger partial charge < -0.3 is 25.0 Å². The smallest absolute Gasteiger partial charge is 0.261 e. The third-order valence-electron chi connectivity index (χ3n) is 5.58. The van der Waals surface area contributed by atoms with Gasteiger partial charge in [-0.25, -0.2) is 9.97 Å². The lowest BCUT2D eigenvalue weighted by Crippen LogP contribution is -2.60. The zero-order chi connectivity index (χ0) is 24.2. The van der Waals surface area contributed by atoms with E-state index in [-0.39, 0.29) is 25.0 Å². The largest absolute Gasteiger partial charge is 0.482 e. The molecule has 1 aliphatic rings. The van der Waals surface area contributed by atoms with Gasteiger partial charge in [-0.05, 0) is 29.8 Å². The Balaban J connectivity index is 1.45. The molecule has 2 heterocycles. The molecule has 2 aromatic carbocycles. The van der Waals surface area contributed by atoms with Crippen molar-refractivity contribution in [1.82, 2.24) is 19.8 Å². The highest BCUT2D eigenvalue weighted by atomic mass is 35.5. The summed E-state index contributed by atoms with van der Waals surface area (Å²) in [5.74, 6) is 0.159. The highest BCUT2D eigenvalue weighted by Gasteiger charge is 2.37. The van der Waals surface area contributed by atoms with Gasteiger partial charge in [0.05, 0.1) is 17.1 Å². The molecule has 0 saturated carbocycles. The van der Waals surface area contributed by atoms with E-state index in [1.165, 1.54) is 24.4 Å². The van der Waals surface area contributed by atoms with Crippen LogP contribution in [0.3, 0.4) is 0 Å². The van der Waals surface area contributed by atoms with Crippen LogP contribution in [0.1, 0.15) is 5.56 Å². The number of hydrogen-bond donors (Lipinski definition) is 1. The minimum Gasteiger partial charge on any atom is -0.482 e. The number of nitrogens with zero attached hydrogens (tertiary/aromatic N) is 4. The summed E-state index contributed by atoms with van der Waals surface area (Å²) in [6.45, 7) is 0.871. The zero-order valence-corrected chi connectivity index (χ0v) is 19.9. The Labute approximate surface area is 206 Å². The Hall–Kier alpha value is -3.14. The lowest BCUT2D eigenvalue weighted by atomic mass is 10.1. The molecule has 2 amide bonds. The van der Waals surface area contributed by atoms with Crippen molar-refractivity contribution in [1.29, 1.82) is 0 Å². The topological polar surface area (TPSA) is 111 Å². The molecule has 1 saturated heterocycles. The van der Waals surface area contributed by atoms with Gasteiger partial charge in [-0.15, -0.1) is 0 Å². The molecule has 9 nitrogen and oxygen atoms in total. The number of rotatable bonds is 7. The first-order chi connectivity index (χ1) is 16.4. The number of halogens is 2. The van der Waals surface area contributed by atoms with Crippen molar-refractivity contribution in [3.8, 4) is 5.75 Å². The fraction of sp³-hybridized carbons (Fsp3) is 0.304. The molecule has 1 fully saturated rings. The van der Waals surface area contributed by atoms with Gasteiger partial charge in [0.25, 0.3) is 5.91 Å². The van der Waals surface area contributed by atoms with Crippen molar-refractivity contribution < 1.29 is 19.1 Å². The molecular weight excluding hydrogens is 481 g/mol. The van der Waals surface area contributed by atoms with Gasteiger partial charge in [0.2, 0.25) is 5.91 Å². The lowest BCUT2D eigenvalue weighted by molar-refractivity contribution is -0.155. The molecule has 2 N–H and O–H groups in total. The Bertz CT molecular complexity index is 1230. The fourth-order valence-electron chi connectivity index (χ4n) is 3.87. The normalized spacial score (nSPS) is 16.2. The minimum atomic E-state index is -0.761. The van der Waals surface area contributed by atoms with E-state index in [1.807, 2.05) is 18.2 Å². The average molecular weight is 504 g/mol. The summed E-state index contributed by atoms with van der Waals surface area (Å²) in [6, 6.07) is 9.61. The van der Waals surface area contributed by atoms with Gasteiger partial charge in [0.1, 0.15) is 23.9 Å². The summed E-state index contributed by atoms with van der Waals surface area (Å²) in [5, 5.41) is 1.54. The number of methoxy groups -OCH3 is 1. The average Bonchev–Trinajstić information content (AvgIpc) is 2.82. The van der Waals surface area contributed by atoms with Crippen molar-refractivity contribution in [2.45, 2.75) is 12.6 Å². The predicted molar refractivity (Wildman–Crippen MR) is 129 cm³/mol. The number of amides is 2. The first kappa shape index (κ1) is 24.0. The van der Waals surface area contributed by atoms with Gasteiger partial charge in [0, 0.05) is 43.2 Å². The van der Waals surface area contributed by atoms with Gasteiger partial charge >= 0.3 is 0 Å². The van der Waals surface area contributed by atoms with Crippen LogP contribution in [0.4, 0.5) is 5.82 Å². The monoisotopic (exact) mass is 503 g/mol. The summed E-state index contributed by atoms with van der Waals surface area (Å²) in [7, 11) is 1.49. The second kappa shape index (κ2) is 10.4. The number of hydrogen-bond acceptors (Lipinski definition) is 7. The van der Waals surface area contributed by atoms with E-state index in [0.29, 0.717) is 46.8 Å². The molecule has 0 radical (unpaired) electrons. The van der Waals surface area contributed by atoms with E-state index < -0.39 is 6.04 Å². The maximum absolute atomic E-state index is 13.3. The number of benzene rings is 2. The number of ether oxygens (including phenoxy) is 2. The summed E-state index contributed by atoms with van der Waals surface area (Å²) in [5.41, 5.74) is 7.50. The second-order valence-electron chi connectivity index (χ2n) is 7.79. The van der Waals surface area contributed by atoms with Crippen LogP contribution in [-0.4, -0.2) is 71.0 Å². The quantitative estimate of drug-likeness (QED) is 0.527. The number of nitrogens with two attached hydrogens (primary N) is 1. The number of carbonyl (C=O) groups is 2. The molecule has 11 heteroatoms. The van der Waals surface area contributed by atoms with E-state index in [1.54, 1.807) is 17.0 Å². The molecule has 34 heavy (non-hydrogen) atoms. The van der Waals surface area contributed by atoms with E-state index in [2.05, 4.69) is 9.97 Å². The summed E-state index contributed by atoms with van der Waals surface area (Å²) >= 11 is 12.1. The number of anilines is 1. The standard InChI is InChI=1S/C23H23Cl2N5O4/c1-33-11-19-23(32)29(10-14-2-4-16-18(8-14)27-13-28-22(16)26)6-7-30(19)21(31)12-34-20-9-15(24)3-5-17(20)25/h2-5,8-9,13,19H,6-7,10-12H2,1H3,(H2,26,27,28)/t19-/m1/s1. The van der Waals surface area contributed by atoms with E-state index in [4.69, 9.17) is 38.4 Å². The second-order valence-corrected chi connectivity index (χ2v) is 8.64. The Kier molecular flexibility index (Phi) is 7.35. The van der Waals surface area contributed by atoms with Crippen molar-refractivity contribution >= 4 is 51.7 Å². The van der Waals surface area contributed by atoms with Crippen molar-refractivity contribution in [3.63, 3.8) is 0 Å². The maximum Gasteiger partial charge on any atom is 0.261 e. The molecule has 4 rings (SSSR count). The fourth-order valence-corrected chi connectivity index (χ4v) is 4.20. The SMILES string of the molecule is COC[C@@H]1C(=O)N(Cc2ccc3c(N)ncnc3c2)CCN1C(=O)COc1cc(Cl)ccc1Cl. The summed E-state index contributed by atoms with van der Waals surface area (Å²) < 4.78 is 10.8. The van der Waals surface area contributed by atoms with Gasteiger partial charge in [0.15, 0.2) is 6.61 Å². The zero-order valence-electron chi connectivity index (χ0n) is 18.4. The van der Waals surface area contributed by atoms with Crippen LogP contribution in [0.5, 0.6) is 5.75 Å². The van der Waals surface area contributed by atoms with Crippen LogP contribution in [-0.2, 0) is 20.9 Å². The number of fused-ring (bicyclic) bond motifs is 1. The lowest BCUT2D eigenvalue weighted by Gasteiger charge is -2.40. The number of aromatic nitrogens is 2. The Morgan fingerprint density at radius 3 is 2.79 bits per heavy atom. The predicted octanol–water partition coefficient (Wildman–Crippen LogP) is 2.78. The van der Waals surface area contributed by atoms with Gasteiger partial charge in [-0.2, -0.15) is 0 Å². The van der Waals surface area contributed by atoms with Crippen LogP contribution in [0.15, 0.2) is 42.7 Å². The molecule has 0 unspecified atom stereocenters. The molecule has 3 aromatic rings. The highest BCUT2D eigenvalue weighted by molar-refractivity contribution is 6.34. The summed E-state index contributed by atoms with van der Waals surface area (Å²) in [6.07, 6.45) is 1.41. The molecular formula is C23H23Cl2N5O4. The van der Waals surface area contributed by atoms with Crippen molar-refractivity contribution in [3.05, 3.63) is 58.3 Å². The third-order valence-corrected chi connectivity index (χ3v) is 6.13. The first-order valence-corrected chi connectivity index (χ1v) is 11.3. The van der Waals surface area contributed by atoms with Crippen molar-refractivity contribution in [2.75, 3.05) is 39.1 Å². The highest BCUT2D eigenvalue weighted by Crippen LogP contribution is 2.28. The number of carbonyl (C=O) groups excluding carboxylic acids is 2. The Morgan fingerprint density at radius 1 is 1.18 bits per heavy atom. The first-order valence-electron chi connectivity index (χ1n) is 10.5. The number of nitrogen functional groups attached to an aromatic ring is 1. The molecule has 1 atom stereocenters. The minimum absolute atomic E-state index is 0.0699. The molecule has 1 aromatic heterocycles. The van der Waals surface area contributed by atoms with E-state index in [0.717, 1.165) is 10.9 Å². The Morgan fingerprint density at radius 2 is 2.00 bits per heavy atom. The van der Waals surface area contributed by atoms with Crippen LogP contribution < -0.4 is 10.5 Å². The summed E-state index contributed by atoms with van der Waals surface area (Å²) in [4.78, 5) is 37.6. The molecule has 0 bridgehead atoms. The van der Waals surface area contributed by atoms with Crippen LogP contribution in [0.25, 0.3) is 10.9 Å². The van der Waals surface area contributed by atoms with Crippen LogP contribution >= 0.6 is 23.2 Å². The van der Waals surface area contributed by atoms with Crippen molar-refractivity contribution in [2.24, 2.45) is 0 Å². The number of piperazine rings is 1. The molecule has 178 valence electrons. The van der Waals surface area contributed by atoms with Gasteiger partial charge in [-0.1, -0.05) is 29.3 Å². The van der Waals surface area contributed by atoms with E-state index >= 15 is 0 Å². The van der Waals surface area contributed by atoms with Gasteiger partial charge in [-0.3, -0.25) is 9.59 Å². The maximum atomic E-state index is 13.3. The molecule has 1 aliphatic heterocycles. The van der Waals surface area contributed by atoms with E-state index in [9.17, 15) is 9.59 Å². The molecule has 0 aliphatic carbocycles. The molecule has 0 spiro atoms. The third kappa shape index (κ3) is 5.16. The van der Waals surface area contributed by atoms with Crippen LogP contribution in [0.2, 0.25) is 10.0 Å². The van der Waals surface area contributed by atoms with Crippen LogP contribution in [0, 0.1) is 0 Å².